The zero-order valence-electron chi connectivity index (χ0n) is 30.5. The van der Waals surface area contributed by atoms with E-state index in [0.717, 1.165) is 17.1 Å². The molecule has 0 spiro atoms. The Kier molecular flexibility index (Phi) is 7.56. The average molecular weight is 690 g/mol. The summed E-state index contributed by atoms with van der Waals surface area (Å²) in [6, 6.07) is 71.0. The lowest BCUT2D eigenvalue weighted by molar-refractivity contribution is 0.711. The van der Waals surface area contributed by atoms with Crippen LogP contribution in [0.1, 0.15) is 30.5 Å². The second-order valence-corrected chi connectivity index (χ2v) is 15.0. The number of nitrogens with zero attached hydrogens (tertiary/aromatic N) is 1. The lowest BCUT2D eigenvalue weighted by Crippen LogP contribution is -2.17. The minimum atomic E-state index is -0.116. The quantitative estimate of drug-likeness (QED) is 0.168. The van der Waals surface area contributed by atoms with E-state index < -0.39 is 0 Å². The van der Waals surface area contributed by atoms with Crippen LogP contribution < -0.4 is 4.90 Å². The van der Waals surface area contributed by atoms with E-state index in [4.69, 9.17) is 0 Å². The maximum Gasteiger partial charge on any atom is 0.0462 e. The van der Waals surface area contributed by atoms with E-state index in [2.05, 4.69) is 219 Å². The molecule has 0 aromatic heterocycles. The van der Waals surface area contributed by atoms with Gasteiger partial charge in [-0.1, -0.05) is 159 Å². The van der Waals surface area contributed by atoms with Gasteiger partial charge in [-0.25, -0.2) is 0 Å². The van der Waals surface area contributed by atoms with Crippen LogP contribution in [0.15, 0.2) is 194 Å². The first kappa shape index (κ1) is 32.0. The van der Waals surface area contributed by atoms with E-state index in [1.165, 1.54) is 76.8 Å². The molecule has 0 radical (unpaired) electrons. The number of anilines is 3. The van der Waals surface area contributed by atoms with E-state index in [1.807, 2.05) is 0 Å². The van der Waals surface area contributed by atoms with Crippen LogP contribution in [0.2, 0.25) is 0 Å². The Morgan fingerprint density at radius 3 is 1.28 bits per heavy atom. The maximum atomic E-state index is 2.39. The Morgan fingerprint density at radius 1 is 0.352 bits per heavy atom. The van der Waals surface area contributed by atoms with Gasteiger partial charge >= 0.3 is 0 Å². The molecule has 0 bridgehead atoms. The lowest BCUT2D eigenvalue weighted by Gasteiger charge is -2.28. The lowest BCUT2D eigenvalue weighted by atomic mass is 9.77. The van der Waals surface area contributed by atoms with Gasteiger partial charge in [0.1, 0.15) is 0 Å². The monoisotopic (exact) mass is 689 g/mol. The van der Waals surface area contributed by atoms with Crippen LogP contribution in [-0.4, -0.2) is 0 Å². The summed E-state index contributed by atoms with van der Waals surface area (Å²) >= 11 is 0. The summed E-state index contributed by atoms with van der Waals surface area (Å²) in [5, 5.41) is 7.66. The van der Waals surface area contributed by atoms with Gasteiger partial charge in [0.2, 0.25) is 0 Å². The van der Waals surface area contributed by atoms with Gasteiger partial charge in [-0.3, -0.25) is 0 Å². The van der Waals surface area contributed by atoms with Crippen molar-refractivity contribution in [1.29, 1.82) is 0 Å². The summed E-state index contributed by atoms with van der Waals surface area (Å²) in [4.78, 5) is 2.37. The number of hydrogen-bond acceptors (Lipinski definition) is 1. The molecule has 54 heavy (non-hydrogen) atoms. The van der Waals surface area contributed by atoms with Crippen molar-refractivity contribution in [3.05, 3.63) is 211 Å². The van der Waals surface area contributed by atoms with Gasteiger partial charge in [0.15, 0.2) is 0 Å². The molecule has 0 heterocycles. The minimum Gasteiger partial charge on any atom is -0.311 e. The molecule has 0 fully saturated rings. The van der Waals surface area contributed by atoms with E-state index in [-0.39, 0.29) is 5.41 Å². The minimum absolute atomic E-state index is 0.116. The maximum absolute atomic E-state index is 2.39. The molecule has 0 N–H and O–H groups in total. The van der Waals surface area contributed by atoms with Crippen molar-refractivity contribution < 1.29 is 0 Å². The largest absolute Gasteiger partial charge is 0.311 e. The zero-order valence-corrected chi connectivity index (χ0v) is 30.5. The molecule has 0 unspecified atom stereocenters. The second-order valence-electron chi connectivity index (χ2n) is 15.0. The zero-order chi connectivity index (χ0) is 36.2. The molecule has 1 nitrogen and oxygen atoms in total. The molecule has 1 aliphatic rings. The van der Waals surface area contributed by atoms with E-state index in [9.17, 15) is 0 Å². The third-order valence-electron chi connectivity index (χ3n) is 11.4. The Bertz CT molecular complexity index is 2750. The summed E-state index contributed by atoms with van der Waals surface area (Å²) in [5.74, 6) is 0. The van der Waals surface area contributed by atoms with Gasteiger partial charge in [-0.15, -0.1) is 0 Å². The van der Waals surface area contributed by atoms with Crippen LogP contribution in [0.25, 0.3) is 66.2 Å². The summed E-state index contributed by atoms with van der Waals surface area (Å²) in [5.41, 5.74) is 13.4. The SMILES string of the molecule is CC1(C)C(c2ccc(N(c3ccc(-c4ccc5ccccc5c4)cc3)c3ccc(-c4ccc5ccccc5c4)cc3)cc2)=Cc2ccc3ccccc3c21. The first-order valence-corrected chi connectivity index (χ1v) is 18.8. The Labute approximate surface area is 317 Å². The third kappa shape index (κ3) is 5.49. The molecule has 0 atom stereocenters. The Hall–Kier alpha value is -6.70. The highest BCUT2D eigenvalue weighted by Gasteiger charge is 2.35. The van der Waals surface area contributed by atoms with Crippen LogP contribution in [0.5, 0.6) is 0 Å². The van der Waals surface area contributed by atoms with Crippen LogP contribution in [-0.2, 0) is 5.41 Å². The number of allylic oxidation sites excluding steroid dienone is 1. The molecule has 10 rings (SSSR count). The van der Waals surface area contributed by atoms with E-state index in [1.54, 1.807) is 0 Å². The predicted octanol–water partition coefficient (Wildman–Crippen LogP) is 14.8. The standard InChI is InChI=1S/C53H39N/c1-53(2)51(35-46-20-17-40-11-7-8-14-50(40)52(46)53)41-25-31-49(32-26-41)54(47-27-21-38(22-28-47)44-18-15-36-9-3-5-12-42(36)33-44)48-29-23-39(24-30-48)45-19-16-37-10-4-6-13-43(37)34-45/h3-35H,1-2H3. The number of benzene rings is 9. The van der Waals surface area contributed by atoms with Crippen molar-refractivity contribution in [2.75, 3.05) is 4.90 Å². The first-order valence-electron chi connectivity index (χ1n) is 18.8. The normalized spacial score (nSPS) is 13.3. The van der Waals surface area contributed by atoms with Crippen LogP contribution in [0, 0.1) is 0 Å². The van der Waals surface area contributed by atoms with Crippen LogP contribution in [0.3, 0.4) is 0 Å². The molecule has 1 aliphatic carbocycles. The Morgan fingerprint density at radius 2 is 0.759 bits per heavy atom. The molecule has 9 aromatic rings. The van der Waals surface area contributed by atoms with Gasteiger partial charge in [-0.2, -0.15) is 0 Å². The summed E-state index contributed by atoms with van der Waals surface area (Å²) in [6.45, 7) is 4.73. The molecule has 0 saturated carbocycles. The summed E-state index contributed by atoms with van der Waals surface area (Å²) < 4.78 is 0. The van der Waals surface area contributed by atoms with Crippen molar-refractivity contribution in [3.63, 3.8) is 0 Å². The molecule has 256 valence electrons. The predicted molar refractivity (Wildman–Crippen MR) is 232 cm³/mol. The Balaban J connectivity index is 1.02. The number of fused-ring (bicyclic) bond motifs is 5. The van der Waals surface area contributed by atoms with Crippen molar-refractivity contribution >= 4 is 61.0 Å². The summed E-state index contributed by atoms with van der Waals surface area (Å²) in [7, 11) is 0. The summed E-state index contributed by atoms with van der Waals surface area (Å²) in [6.07, 6.45) is 2.39. The molecule has 0 aliphatic heterocycles. The highest BCUT2D eigenvalue weighted by atomic mass is 15.1. The molecular weight excluding hydrogens is 651 g/mol. The second kappa shape index (κ2) is 12.8. The van der Waals surface area contributed by atoms with Gasteiger partial charge in [-0.05, 0) is 131 Å². The third-order valence-corrected chi connectivity index (χ3v) is 11.4. The molecule has 0 amide bonds. The van der Waals surface area contributed by atoms with Crippen molar-refractivity contribution in [1.82, 2.24) is 0 Å². The smallest absolute Gasteiger partial charge is 0.0462 e. The number of rotatable bonds is 6. The highest BCUT2D eigenvalue weighted by Crippen LogP contribution is 2.49. The molecule has 0 saturated heterocycles. The van der Waals surface area contributed by atoms with Gasteiger partial charge in [0.05, 0.1) is 0 Å². The van der Waals surface area contributed by atoms with Crippen LogP contribution in [0.4, 0.5) is 17.1 Å². The van der Waals surface area contributed by atoms with Gasteiger partial charge in [0.25, 0.3) is 0 Å². The fourth-order valence-corrected chi connectivity index (χ4v) is 8.60. The molecule has 9 aromatic carbocycles. The first-order chi connectivity index (χ1) is 26.5. The van der Waals surface area contributed by atoms with Gasteiger partial charge < -0.3 is 4.90 Å². The van der Waals surface area contributed by atoms with Crippen molar-refractivity contribution in [2.45, 2.75) is 19.3 Å². The van der Waals surface area contributed by atoms with E-state index in [0.29, 0.717) is 0 Å². The van der Waals surface area contributed by atoms with E-state index >= 15 is 0 Å². The highest BCUT2D eigenvalue weighted by molar-refractivity contribution is 6.02. The topological polar surface area (TPSA) is 3.24 Å². The fourth-order valence-electron chi connectivity index (χ4n) is 8.60. The van der Waals surface area contributed by atoms with Crippen molar-refractivity contribution in [3.8, 4) is 22.3 Å². The van der Waals surface area contributed by atoms with Crippen molar-refractivity contribution in [2.24, 2.45) is 0 Å². The molecular formula is C53H39N. The average Bonchev–Trinajstić information content (AvgIpc) is 3.51. The van der Waals surface area contributed by atoms with Gasteiger partial charge in [0, 0.05) is 22.5 Å². The van der Waals surface area contributed by atoms with Crippen LogP contribution >= 0.6 is 0 Å². The number of hydrogen-bond donors (Lipinski definition) is 0. The molecule has 1 heteroatoms. The fraction of sp³-hybridized carbons (Fsp3) is 0.0566.